The molecule has 0 aliphatic carbocycles. The van der Waals surface area contributed by atoms with Crippen LogP contribution in [0.15, 0.2) is 0 Å². The first-order chi connectivity index (χ1) is 6.51. The summed E-state index contributed by atoms with van der Waals surface area (Å²) < 4.78 is 80.1. The van der Waals surface area contributed by atoms with Crippen LogP contribution in [0.2, 0.25) is 0 Å². The third-order valence-electron chi connectivity index (χ3n) is 1.03. The summed E-state index contributed by atoms with van der Waals surface area (Å²) in [5, 5.41) is 4.75. The second-order valence-corrected chi connectivity index (χ2v) is 10.2. The Morgan fingerprint density at radius 1 is 1.00 bits per heavy atom. The van der Waals surface area contributed by atoms with Crippen LogP contribution in [0.3, 0.4) is 0 Å². The van der Waals surface area contributed by atoms with Gasteiger partial charge in [0.1, 0.15) is 0 Å². The number of hydrogen-bond donors (Lipinski definition) is 1. The third-order valence-corrected chi connectivity index (χ3v) is 1.89. The van der Waals surface area contributed by atoms with E-state index in [0.29, 0.717) is 6.42 Å². The van der Waals surface area contributed by atoms with Gasteiger partial charge in [0.15, 0.2) is 0 Å². The van der Waals surface area contributed by atoms with Crippen molar-refractivity contribution >= 4 is 29.5 Å². The van der Waals surface area contributed by atoms with Crippen LogP contribution in [0.1, 0.15) is 26.2 Å². The molecule has 0 aliphatic heterocycles. The molecule has 0 aromatic heterocycles. The summed E-state index contributed by atoms with van der Waals surface area (Å²) in [6.07, 6.45) is 2.65. The molecule has 0 atom stereocenters. The van der Waals surface area contributed by atoms with E-state index in [1.54, 1.807) is 0 Å². The number of rotatable bonds is 4. The van der Waals surface area contributed by atoms with Crippen molar-refractivity contribution < 1.29 is 25.3 Å². The molecule has 0 bridgehead atoms. The maximum absolute atomic E-state index is 11.2. The van der Waals surface area contributed by atoms with Crippen LogP contribution in [-0.2, 0) is 10.0 Å². The molecule has 0 fully saturated rings. The number of unbranched alkanes of at least 4 members (excludes halogenated alkanes) is 2. The van der Waals surface area contributed by atoms with Gasteiger partial charge < -0.3 is 0 Å². The van der Waals surface area contributed by atoms with Gasteiger partial charge in [0.05, 0.1) is 5.75 Å². The molecule has 0 amide bonds. The zero-order chi connectivity index (χ0) is 13.7. The molecule has 0 rings (SSSR count). The molecule has 0 aliphatic rings. The number of primary sulfonamides is 1. The minimum absolute atomic E-state index is 0.126. The van der Waals surface area contributed by atoms with Crippen LogP contribution in [0, 0.1) is 0 Å². The zero-order valence-corrected chi connectivity index (χ0v) is 11.7. The predicted octanol–water partition coefficient (Wildman–Crippen LogP) is 2.61. The normalized spacial score (nSPS) is 16.8. The maximum atomic E-state index is 10.3. The minimum atomic E-state index is -11.2. The first-order valence-electron chi connectivity index (χ1n) is 4.08. The Morgan fingerprint density at radius 3 is 1.50 bits per heavy atom. The predicted molar refractivity (Wildman–Crippen MR) is 49.9 cm³/mol. The van der Waals surface area contributed by atoms with E-state index in [1.807, 2.05) is 6.92 Å². The molecule has 0 radical (unpaired) electrons. The third kappa shape index (κ3) is 63.7. The molecular formula is C5H13F6NO2SSb-. The van der Waals surface area contributed by atoms with E-state index in [2.05, 4.69) is 0 Å². The molecule has 16 heavy (non-hydrogen) atoms. The topological polar surface area (TPSA) is 60.2 Å². The second kappa shape index (κ2) is 4.89. The molecule has 0 saturated carbocycles. The standard InChI is InChI=1S/C5H13NO2S.6FH.Sb/c1-2-3-4-5-9(6,7)8;;;;;;;/h2-5H2,1H3,(H2,6,7,8);6*1H;/q;;;;;;;+5/p-6. The Morgan fingerprint density at radius 2 is 1.31 bits per heavy atom. The Bertz CT molecular complexity index is 296. The van der Waals surface area contributed by atoms with Crippen LogP contribution in [0.5, 0.6) is 0 Å². The molecular weight excluding hydrogens is 374 g/mol. The molecule has 11 heteroatoms. The van der Waals surface area contributed by atoms with E-state index in [4.69, 9.17) is 5.14 Å². The van der Waals surface area contributed by atoms with Crippen LogP contribution < -0.4 is 5.14 Å². The SMILES string of the molecule is CCCCCS(N)(=O)=O.[F][Sb-]([F])([F])([F])([F])[F]. The van der Waals surface area contributed by atoms with E-state index in [9.17, 15) is 25.3 Å². The van der Waals surface area contributed by atoms with Gasteiger partial charge in [-0.25, -0.2) is 13.6 Å². The van der Waals surface area contributed by atoms with Crippen LogP contribution in [0.25, 0.3) is 0 Å². The molecule has 0 heterocycles. The van der Waals surface area contributed by atoms with Gasteiger partial charge in [0.25, 0.3) is 0 Å². The fourth-order valence-corrected chi connectivity index (χ4v) is 1.16. The van der Waals surface area contributed by atoms with Crippen molar-refractivity contribution in [3.05, 3.63) is 0 Å². The molecule has 3 nitrogen and oxygen atoms in total. The number of halogens is 6. The summed E-state index contributed by atoms with van der Waals surface area (Å²) in [7, 11) is -3.20. The molecule has 2 N–H and O–H groups in total. The first kappa shape index (κ1) is 18.7. The van der Waals surface area contributed by atoms with E-state index >= 15 is 0 Å². The summed E-state index contributed by atoms with van der Waals surface area (Å²) in [6.45, 7) is 2.02. The summed E-state index contributed by atoms with van der Waals surface area (Å²) in [5.41, 5.74) is 0. The van der Waals surface area contributed by atoms with Crippen LogP contribution >= 0.6 is 0 Å². The van der Waals surface area contributed by atoms with Crippen LogP contribution in [-0.4, -0.2) is 33.6 Å². The zero-order valence-electron chi connectivity index (χ0n) is 8.35. The number of nitrogens with two attached hydrogens (primary N) is 1. The van der Waals surface area contributed by atoms with E-state index in [1.165, 1.54) is 0 Å². The summed E-state index contributed by atoms with van der Waals surface area (Å²) in [5.74, 6) is 0.126. The van der Waals surface area contributed by atoms with Crippen molar-refractivity contribution in [2.24, 2.45) is 5.14 Å². The quantitative estimate of drug-likeness (QED) is 0.458. The second-order valence-electron chi connectivity index (χ2n) is 3.03. The first-order valence-corrected chi connectivity index (χ1v) is 11.6. The van der Waals surface area contributed by atoms with Gasteiger partial charge in [-0.3, -0.25) is 0 Å². The van der Waals surface area contributed by atoms with E-state index < -0.39 is 29.5 Å². The van der Waals surface area contributed by atoms with Gasteiger partial charge in [-0.2, -0.15) is 0 Å². The van der Waals surface area contributed by atoms with Crippen molar-refractivity contribution in [1.29, 1.82) is 0 Å². The van der Waals surface area contributed by atoms with Gasteiger partial charge in [0, 0.05) is 0 Å². The van der Waals surface area contributed by atoms with Crippen molar-refractivity contribution in [3.63, 3.8) is 0 Å². The summed E-state index contributed by atoms with van der Waals surface area (Å²) in [6, 6.07) is 0. The van der Waals surface area contributed by atoms with Gasteiger partial charge >= 0.3 is 36.4 Å². The molecule has 104 valence electrons. The Labute approximate surface area is 91.9 Å². The monoisotopic (exact) mass is 386 g/mol. The summed E-state index contributed by atoms with van der Waals surface area (Å²) >= 11 is -11.2. The number of sulfonamides is 1. The van der Waals surface area contributed by atoms with Gasteiger partial charge in [-0.15, -0.1) is 0 Å². The van der Waals surface area contributed by atoms with Crippen molar-refractivity contribution in [3.8, 4) is 0 Å². The average Bonchev–Trinajstić information content (AvgIpc) is 1.77. The fourth-order valence-electron chi connectivity index (χ4n) is 0.553. The van der Waals surface area contributed by atoms with E-state index in [-0.39, 0.29) is 5.75 Å². The molecule has 0 spiro atoms. The van der Waals surface area contributed by atoms with Gasteiger partial charge in [-0.1, -0.05) is 19.8 Å². The Hall–Kier alpha value is 0.308. The van der Waals surface area contributed by atoms with E-state index in [0.717, 1.165) is 12.8 Å². The molecule has 0 aromatic carbocycles. The molecule has 0 saturated heterocycles. The van der Waals surface area contributed by atoms with Gasteiger partial charge in [0.2, 0.25) is 10.0 Å². The molecule has 0 unspecified atom stereocenters. The molecule has 0 aromatic rings. The van der Waals surface area contributed by atoms with Gasteiger partial charge in [-0.05, 0) is 6.42 Å². The fraction of sp³-hybridized carbons (Fsp3) is 1.00. The van der Waals surface area contributed by atoms with Crippen molar-refractivity contribution in [1.82, 2.24) is 0 Å². The van der Waals surface area contributed by atoms with Crippen molar-refractivity contribution in [2.75, 3.05) is 5.75 Å². The Balaban J connectivity index is 0. The van der Waals surface area contributed by atoms with Crippen molar-refractivity contribution in [2.45, 2.75) is 26.2 Å². The number of hydrogen-bond acceptors (Lipinski definition) is 2. The summed E-state index contributed by atoms with van der Waals surface area (Å²) in [4.78, 5) is 0. The average molecular weight is 387 g/mol. The Kier molecular flexibility index (Phi) is 5.71. The van der Waals surface area contributed by atoms with Crippen LogP contribution in [0.4, 0.5) is 16.9 Å².